The maximum Gasteiger partial charge on any atom is 0.326 e. The molecule has 31 nitrogen and oxygen atoms in total. The number of rotatable bonds is 38. The third-order valence-corrected chi connectivity index (χ3v) is 14.1. The number of aliphatic hydroxyl groups is 1. The summed E-state index contributed by atoms with van der Waals surface area (Å²) in [5.41, 5.74) is 22.7. The standard InChI is InChI=1S/C53H89N17O14S/c1-8-30(4)43(49(81)66-37(51(83)84)22-29(2)3)68-46(78)36(23-32-15-17-33(73)18-16-32)65-48(80)40-14-11-21-70(40)50(82)35(13-10-20-59-53(56)57)64-45(77)34(12-9-19-58-52(54)55)62-41(74)24-60-44(76)39(27-85-28-61-31(5)72)67-47(79)38(26-71)63-42(75)25-69(6)7/h15-18,29-30,34-40,43,71,73H,8-14,19-28H2,1-7H3,(H,60,76)(H,61,72)(H,62,74)(H,63,75)(H,64,77)(H,65,80)(H,66,81)(H,67,79)(H,68,78)(H,83,84)(H4,54,55,58)(H4,56,57,59)/t30-,34-,35-,36-,37-,38-,39-,40-,43-/m0/s1. The van der Waals surface area contributed by atoms with E-state index in [2.05, 4.69) is 57.8 Å². The molecule has 85 heavy (non-hydrogen) atoms. The van der Waals surface area contributed by atoms with Crippen LogP contribution < -0.4 is 70.8 Å². The van der Waals surface area contributed by atoms with E-state index >= 15 is 0 Å². The van der Waals surface area contributed by atoms with Crippen LogP contribution >= 0.6 is 11.8 Å². The number of aliphatic carboxylic acids is 1. The minimum atomic E-state index is -1.46. The van der Waals surface area contributed by atoms with Crippen LogP contribution in [-0.4, -0.2) is 215 Å². The van der Waals surface area contributed by atoms with Crippen molar-refractivity contribution in [2.45, 2.75) is 141 Å². The van der Waals surface area contributed by atoms with E-state index in [0.717, 1.165) is 11.8 Å². The highest BCUT2D eigenvalue weighted by atomic mass is 32.2. The third-order valence-electron chi connectivity index (χ3n) is 13.2. The zero-order chi connectivity index (χ0) is 63.9. The average Bonchev–Trinajstić information content (AvgIpc) is 2.97. The number of amides is 10. The Hall–Kier alpha value is -8.00. The molecule has 0 bridgehead atoms. The second-order valence-electron chi connectivity index (χ2n) is 21.2. The number of benzene rings is 1. The van der Waals surface area contributed by atoms with E-state index in [9.17, 15) is 68.1 Å². The van der Waals surface area contributed by atoms with E-state index in [1.807, 2.05) is 0 Å². The summed E-state index contributed by atoms with van der Waals surface area (Å²) in [6, 6.07) is -4.86. The first-order valence-electron chi connectivity index (χ1n) is 27.9. The van der Waals surface area contributed by atoms with Gasteiger partial charge >= 0.3 is 5.97 Å². The highest BCUT2D eigenvalue weighted by Gasteiger charge is 2.40. The van der Waals surface area contributed by atoms with E-state index < -0.39 is 127 Å². The maximum absolute atomic E-state index is 14.8. The number of carbonyl (C=O) groups is 11. The summed E-state index contributed by atoms with van der Waals surface area (Å²) in [4.78, 5) is 159. The van der Waals surface area contributed by atoms with Crippen molar-refractivity contribution in [3.8, 4) is 5.75 Å². The molecule has 1 aromatic rings. The number of aliphatic imine (C=N–C) groups is 2. The number of likely N-dealkylation sites (tertiary alicyclic amines) is 1. The molecule has 0 spiro atoms. The van der Waals surface area contributed by atoms with Crippen LogP contribution in [0.2, 0.25) is 0 Å². The number of nitrogens with one attached hydrogen (secondary N) is 9. The Morgan fingerprint density at radius 2 is 1.27 bits per heavy atom. The Morgan fingerprint density at radius 1 is 0.706 bits per heavy atom. The molecule has 1 aromatic carbocycles. The number of nitrogens with two attached hydrogens (primary N) is 4. The van der Waals surface area contributed by atoms with Crippen LogP contribution in [0.4, 0.5) is 0 Å². The van der Waals surface area contributed by atoms with Crippen LogP contribution in [0.15, 0.2) is 34.3 Å². The molecular weight excluding hydrogens is 1130 g/mol. The van der Waals surface area contributed by atoms with Gasteiger partial charge in [-0.1, -0.05) is 46.2 Å². The van der Waals surface area contributed by atoms with Crippen molar-refractivity contribution in [1.29, 1.82) is 0 Å². The number of nitrogens with zero attached hydrogens (tertiary/aromatic N) is 4. The van der Waals surface area contributed by atoms with Crippen molar-refractivity contribution in [2.24, 2.45) is 44.8 Å². The molecule has 1 aliphatic rings. The lowest BCUT2D eigenvalue weighted by Gasteiger charge is -2.31. The molecule has 9 atom stereocenters. The fraction of sp³-hybridized carbons (Fsp3) is 0.642. The molecule has 0 aromatic heterocycles. The number of thioether (sulfide) groups is 1. The third kappa shape index (κ3) is 28.0. The second kappa shape index (κ2) is 38.0. The molecular formula is C53H89N17O14S. The number of hydrogen-bond acceptors (Lipinski definition) is 17. The van der Waals surface area contributed by atoms with Gasteiger partial charge in [0.2, 0.25) is 59.1 Å². The molecule has 1 aliphatic heterocycles. The fourth-order valence-corrected chi connectivity index (χ4v) is 9.50. The number of carbonyl (C=O) groups excluding carboxylic acids is 10. The zero-order valence-electron chi connectivity index (χ0n) is 49.4. The van der Waals surface area contributed by atoms with Crippen LogP contribution in [-0.2, 0) is 59.2 Å². The summed E-state index contributed by atoms with van der Waals surface area (Å²) in [7, 11) is 3.23. The Bertz CT molecular complexity index is 2480. The van der Waals surface area contributed by atoms with Gasteiger partial charge in [-0.2, -0.15) is 0 Å². The van der Waals surface area contributed by atoms with Crippen LogP contribution in [0, 0.1) is 11.8 Å². The van der Waals surface area contributed by atoms with Crippen LogP contribution in [0.3, 0.4) is 0 Å². The Labute approximate surface area is 498 Å². The minimum Gasteiger partial charge on any atom is -0.508 e. The highest BCUT2D eigenvalue weighted by molar-refractivity contribution is 7.99. The number of phenols is 1. The molecule has 20 N–H and O–H groups in total. The summed E-state index contributed by atoms with van der Waals surface area (Å²) >= 11 is 1.03. The Morgan fingerprint density at radius 3 is 1.82 bits per heavy atom. The Balaban J connectivity index is 2.48. The molecule has 1 fully saturated rings. The van der Waals surface area contributed by atoms with Gasteiger partial charge in [0.1, 0.15) is 54.1 Å². The maximum atomic E-state index is 14.8. The van der Waals surface area contributed by atoms with Crippen molar-refractivity contribution in [3.63, 3.8) is 0 Å². The number of guanidine groups is 2. The average molecular weight is 1220 g/mol. The van der Waals surface area contributed by atoms with E-state index in [4.69, 9.17) is 22.9 Å². The molecule has 32 heteroatoms. The summed E-state index contributed by atoms with van der Waals surface area (Å²) < 4.78 is 0. The van der Waals surface area contributed by atoms with Crippen LogP contribution in [0.5, 0.6) is 5.75 Å². The van der Waals surface area contributed by atoms with Crippen molar-refractivity contribution >= 4 is 88.7 Å². The van der Waals surface area contributed by atoms with Gasteiger partial charge in [-0.3, -0.25) is 57.9 Å². The number of likely N-dealkylation sites (N-methyl/N-ethyl adjacent to an activating group) is 1. The molecule has 0 aliphatic carbocycles. The molecule has 10 amide bonds. The molecule has 1 saturated heterocycles. The second-order valence-corrected chi connectivity index (χ2v) is 22.2. The normalized spacial score (nSPS) is 15.6. The van der Waals surface area contributed by atoms with Crippen molar-refractivity contribution < 1.29 is 68.1 Å². The summed E-state index contributed by atoms with van der Waals surface area (Å²) in [6.07, 6.45) is 0.816. The van der Waals surface area contributed by atoms with Gasteiger partial charge in [0.05, 0.1) is 25.6 Å². The number of aromatic hydroxyl groups is 1. The van der Waals surface area contributed by atoms with E-state index in [-0.39, 0.29) is 112 Å². The smallest absolute Gasteiger partial charge is 0.326 e. The Kier molecular flexibility index (Phi) is 32.7. The zero-order valence-corrected chi connectivity index (χ0v) is 50.3. The molecule has 0 saturated carbocycles. The fourth-order valence-electron chi connectivity index (χ4n) is 8.61. The number of phenolic OH excluding ortho intramolecular Hbond substituents is 1. The van der Waals surface area contributed by atoms with Crippen LogP contribution in [0.25, 0.3) is 0 Å². The van der Waals surface area contributed by atoms with E-state index in [0.29, 0.717) is 18.4 Å². The summed E-state index contributed by atoms with van der Waals surface area (Å²) in [5.74, 6) is -10.1. The molecule has 2 rings (SSSR count). The summed E-state index contributed by atoms with van der Waals surface area (Å²) in [6.45, 7) is 6.70. The molecule has 0 radical (unpaired) electrons. The first-order valence-corrected chi connectivity index (χ1v) is 29.1. The molecule has 0 unspecified atom stereocenters. The highest BCUT2D eigenvalue weighted by Crippen LogP contribution is 2.22. The van der Waals surface area contributed by atoms with Crippen molar-refractivity contribution in [1.82, 2.24) is 57.7 Å². The lowest BCUT2D eigenvalue weighted by Crippen LogP contribution is -2.60. The first-order chi connectivity index (χ1) is 40.1. The van der Waals surface area contributed by atoms with E-state index in [1.54, 1.807) is 41.8 Å². The summed E-state index contributed by atoms with van der Waals surface area (Å²) in [5, 5.41) is 52.8. The van der Waals surface area contributed by atoms with Gasteiger partial charge in [0.15, 0.2) is 11.9 Å². The largest absolute Gasteiger partial charge is 0.508 e. The van der Waals surface area contributed by atoms with Crippen LogP contribution in [0.1, 0.15) is 91.5 Å². The molecule has 476 valence electrons. The van der Waals surface area contributed by atoms with E-state index in [1.165, 1.54) is 41.0 Å². The number of carboxylic acid groups (broad SMARTS) is 1. The van der Waals surface area contributed by atoms with Gasteiger partial charge in [0.25, 0.3) is 0 Å². The quantitative estimate of drug-likeness (QED) is 0.0128. The number of carboxylic acids is 1. The van der Waals surface area contributed by atoms with Gasteiger partial charge in [-0.25, -0.2) is 4.79 Å². The minimum absolute atomic E-state index is 0.00680. The SMILES string of the molecule is CC[C@H](C)[C@H](NC(=O)[C@H](Cc1ccc(O)cc1)NC(=O)[C@@H]1CCCN1C(=O)[C@H](CCCN=C(N)N)NC(=O)[C@H](CCCN=C(N)N)NC(=O)CNC(=O)[C@H](CSCNC(C)=O)NC(=O)[C@H](CO)NC(=O)CN(C)C)C(=O)N[C@@H](CC(C)C)C(=O)O. The number of hydrogen-bond donors (Lipinski definition) is 16. The molecule has 1 heterocycles. The monoisotopic (exact) mass is 1220 g/mol. The lowest BCUT2D eigenvalue weighted by molar-refractivity contribution is -0.143. The predicted octanol–water partition coefficient (Wildman–Crippen LogP) is -4.90. The van der Waals surface area contributed by atoms with Gasteiger partial charge < -0.3 is 95.9 Å². The van der Waals surface area contributed by atoms with Crippen molar-refractivity contribution in [3.05, 3.63) is 29.8 Å². The number of aliphatic hydroxyl groups excluding tert-OH is 1. The van der Waals surface area contributed by atoms with Gasteiger partial charge in [-0.15, -0.1) is 11.8 Å². The van der Waals surface area contributed by atoms with Crippen molar-refractivity contribution in [2.75, 3.05) is 65.1 Å². The van der Waals surface area contributed by atoms with Gasteiger partial charge in [0, 0.05) is 38.7 Å². The van der Waals surface area contributed by atoms with Gasteiger partial charge in [-0.05, 0) is 88.6 Å². The lowest BCUT2D eigenvalue weighted by atomic mass is 9.96. The topological polar surface area (TPSA) is 492 Å². The predicted molar refractivity (Wildman–Crippen MR) is 316 cm³/mol. The first kappa shape index (κ1) is 73.1.